The van der Waals surface area contributed by atoms with Crippen molar-refractivity contribution in [2.75, 3.05) is 19.5 Å². The minimum Gasteiger partial charge on any atom is -0.465 e. The number of carbonyl (C=O) groups is 2. The van der Waals surface area contributed by atoms with Gasteiger partial charge in [-0.05, 0) is 43.5 Å². The molecule has 0 heterocycles. The van der Waals surface area contributed by atoms with Gasteiger partial charge in [-0.3, -0.25) is 4.79 Å². The lowest BCUT2D eigenvalue weighted by Crippen LogP contribution is -2.42. The summed E-state index contributed by atoms with van der Waals surface area (Å²) in [6.45, 7) is 0. The monoisotopic (exact) mass is 277 g/mol. The van der Waals surface area contributed by atoms with Gasteiger partial charge in [0.15, 0.2) is 0 Å². The van der Waals surface area contributed by atoms with Crippen molar-refractivity contribution < 1.29 is 19.1 Å². The van der Waals surface area contributed by atoms with Crippen LogP contribution in [0.4, 0.5) is 5.69 Å². The second kappa shape index (κ2) is 6.05. The number of rotatable bonds is 5. The average molecular weight is 277 g/mol. The highest BCUT2D eigenvalue weighted by atomic mass is 16.5. The van der Waals surface area contributed by atoms with Gasteiger partial charge < -0.3 is 14.8 Å². The van der Waals surface area contributed by atoms with Gasteiger partial charge in [0.05, 0.1) is 24.7 Å². The minimum absolute atomic E-state index is 0.0719. The molecule has 5 nitrogen and oxygen atoms in total. The third kappa shape index (κ3) is 3.17. The van der Waals surface area contributed by atoms with Crippen LogP contribution in [0.5, 0.6) is 0 Å². The zero-order chi connectivity index (χ0) is 14.6. The number of methoxy groups -OCH3 is 2. The maximum absolute atomic E-state index is 12.0. The fourth-order valence-corrected chi connectivity index (χ4v) is 2.33. The van der Waals surface area contributed by atoms with E-state index >= 15 is 0 Å². The number of hydrogen-bond donors (Lipinski definition) is 1. The van der Waals surface area contributed by atoms with E-state index in [1.54, 1.807) is 31.4 Å². The van der Waals surface area contributed by atoms with Crippen molar-refractivity contribution in [1.82, 2.24) is 0 Å². The number of anilines is 1. The number of esters is 1. The summed E-state index contributed by atoms with van der Waals surface area (Å²) in [5.41, 5.74) is 0.835. The normalized spacial score (nSPS) is 16.1. The Labute approximate surface area is 118 Å². The van der Waals surface area contributed by atoms with Gasteiger partial charge in [0.2, 0.25) is 5.91 Å². The van der Waals surface area contributed by atoms with Crippen molar-refractivity contribution in [1.29, 1.82) is 0 Å². The molecule has 1 aromatic rings. The van der Waals surface area contributed by atoms with Gasteiger partial charge in [-0.1, -0.05) is 0 Å². The van der Waals surface area contributed by atoms with Crippen LogP contribution in [0.3, 0.4) is 0 Å². The van der Waals surface area contributed by atoms with Crippen molar-refractivity contribution in [2.24, 2.45) is 0 Å². The van der Waals surface area contributed by atoms with E-state index in [-0.39, 0.29) is 11.5 Å². The molecule has 1 amide bonds. The smallest absolute Gasteiger partial charge is 0.337 e. The maximum atomic E-state index is 12.0. The molecule has 0 spiro atoms. The number of hydrogen-bond acceptors (Lipinski definition) is 4. The lowest BCUT2D eigenvalue weighted by atomic mass is 9.77. The Hall–Kier alpha value is -1.88. The molecule has 108 valence electrons. The Balaban J connectivity index is 1.93. The molecular formula is C15H19NO4. The predicted octanol–water partition coefficient (Wildman–Crippen LogP) is 2.37. The van der Waals surface area contributed by atoms with E-state index in [0.29, 0.717) is 17.7 Å². The molecule has 0 radical (unpaired) electrons. The predicted molar refractivity (Wildman–Crippen MR) is 74.6 cm³/mol. The number of amides is 1. The second-order valence-electron chi connectivity index (χ2n) is 5.03. The summed E-state index contributed by atoms with van der Waals surface area (Å²) in [6, 6.07) is 6.61. The summed E-state index contributed by atoms with van der Waals surface area (Å²) in [6.07, 6.45) is 3.33. The maximum Gasteiger partial charge on any atom is 0.337 e. The SMILES string of the molecule is COC(=O)c1ccc(NC(=O)CC2(OC)CCC2)cc1. The van der Waals surface area contributed by atoms with Gasteiger partial charge in [0.25, 0.3) is 0 Å². The molecule has 2 rings (SSSR count). The van der Waals surface area contributed by atoms with E-state index in [9.17, 15) is 9.59 Å². The summed E-state index contributed by atoms with van der Waals surface area (Å²) >= 11 is 0. The highest BCUT2D eigenvalue weighted by molar-refractivity contribution is 5.93. The van der Waals surface area contributed by atoms with E-state index in [4.69, 9.17) is 4.74 Å². The molecule has 1 fully saturated rings. The summed E-state index contributed by atoms with van der Waals surface area (Å²) in [5.74, 6) is -0.465. The Bertz CT molecular complexity index is 486. The van der Waals surface area contributed by atoms with Gasteiger partial charge >= 0.3 is 5.97 Å². The first kappa shape index (κ1) is 14.5. The number of nitrogens with one attached hydrogen (secondary N) is 1. The molecule has 0 saturated heterocycles. The van der Waals surface area contributed by atoms with Crippen LogP contribution in [0.25, 0.3) is 0 Å². The third-order valence-electron chi connectivity index (χ3n) is 3.77. The Morgan fingerprint density at radius 3 is 2.30 bits per heavy atom. The largest absolute Gasteiger partial charge is 0.465 e. The molecule has 5 heteroatoms. The first-order valence-electron chi connectivity index (χ1n) is 6.62. The fourth-order valence-electron chi connectivity index (χ4n) is 2.33. The van der Waals surface area contributed by atoms with Gasteiger partial charge in [-0.25, -0.2) is 4.79 Å². The third-order valence-corrected chi connectivity index (χ3v) is 3.77. The van der Waals surface area contributed by atoms with Crippen molar-refractivity contribution in [3.63, 3.8) is 0 Å². The first-order valence-corrected chi connectivity index (χ1v) is 6.62. The van der Waals surface area contributed by atoms with E-state index in [2.05, 4.69) is 10.1 Å². The van der Waals surface area contributed by atoms with E-state index in [1.807, 2.05) is 0 Å². The Morgan fingerprint density at radius 2 is 1.85 bits per heavy atom. The lowest BCUT2D eigenvalue weighted by molar-refractivity contribution is -0.129. The molecule has 1 N–H and O–H groups in total. The minimum atomic E-state index is -0.393. The molecule has 20 heavy (non-hydrogen) atoms. The van der Waals surface area contributed by atoms with Gasteiger partial charge in [-0.15, -0.1) is 0 Å². The van der Waals surface area contributed by atoms with Crippen LogP contribution < -0.4 is 5.32 Å². The van der Waals surface area contributed by atoms with Gasteiger partial charge in [0, 0.05) is 12.8 Å². The fraction of sp³-hybridized carbons (Fsp3) is 0.467. The Kier molecular flexibility index (Phi) is 4.39. The van der Waals surface area contributed by atoms with Crippen LogP contribution in [-0.2, 0) is 14.3 Å². The first-order chi connectivity index (χ1) is 9.58. The number of ether oxygens (including phenoxy) is 2. The van der Waals surface area contributed by atoms with Crippen LogP contribution >= 0.6 is 0 Å². The van der Waals surface area contributed by atoms with Crippen molar-refractivity contribution >= 4 is 17.6 Å². The van der Waals surface area contributed by atoms with Gasteiger partial charge in [-0.2, -0.15) is 0 Å². The van der Waals surface area contributed by atoms with Crippen LogP contribution in [-0.4, -0.2) is 31.7 Å². The average Bonchev–Trinajstić information content (AvgIpc) is 2.43. The van der Waals surface area contributed by atoms with Crippen LogP contribution in [0, 0.1) is 0 Å². The number of benzene rings is 1. The van der Waals surface area contributed by atoms with Gasteiger partial charge in [0.1, 0.15) is 0 Å². The van der Waals surface area contributed by atoms with Crippen molar-refractivity contribution in [2.45, 2.75) is 31.3 Å². The van der Waals surface area contributed by atoms with Crippen LogP contribution in [0.2, 0.25) is 0 Å². The van der Waals surface area contributed by atoms with Crippen LogP contribution in [0.15, 0.2) is 24.3 Å². The zero-order valence-electron chi connectivity index (χ0n) is 11.8. The molecule has 1 aliphatic carbocycles. The topological polar surface area (TPSA) is 64.6 Å². The molecule has 0 aliphatic heterocycles. The highest BCUT2D eigenvalue weighted by Crippen LogP contribution is 2.38. The molecule has 1 aromatic carbocycles. The Morgan fingerprint density at radius 1 is 1.20 bits per heavy atom. The van der Waals surface area contributed by atoms with Crippen molar-refractivity contribution in [3.05, 3.63) is 29.8 Å². The molecule has 1 aliphatic rings. The summed E-state index contributed by atoms with van der Waals surface area (Å²) in [7, 11) is 2.98. The molecule has 0 unspecified atom stereocenters. The lowest BCUT2D eigenvalue weighted by Gasteiger charge is -2.39. The zero-order valence-corrected chi connectivity index (χ0v) is 11.8. The molecule has 1 saturated carbocycles. The summed E-state index contributed by atoms with van der Waals surface area (Å²) in [5, 5.41) is 2.81. The van der Waals surface area contributed by atoms with E-state index in [1.165, 1.54) is 7.11 Å². The number of carbonyl (C=O) groups excluding carboxylic acids is 2. The summed E-state index contributed by atoms with van der Waals surface area (Å²) < 4.78 is 10.0. The molecule has 0 bridgehead atoms. The highest BCUT2D eigenvalue weighted by Gasteiger charge is 2.38. The van der Waals surface area contributed by atoms with E-state index < -0.39 is 5.97 Å². The molecule has 0 atom stereocenters. The van der Waals surface area contributed by atoms with Crippen molar-refractivity contribution in [3.8, 4) is 0 Å². The van der Waals surface area contributed by atoms with E-state index in [0.717, 1.165) is 19.3 Å². The molecular weight excluding hydrogens is 258 g/mol. The summed E-state index contributed by atoms with van der Waals surface area (Å²) in [4.78, 5) is 23.3. The standard InChI is InChI=1S/C15H19NO4/c1-19-14(18)11-4-6-12(7-5-11)16-13(17)10-15(20-2)8-3-9-15/h4-7H,3,8-10H2,1-2H3,(H,16,17). The van der Waals surface area contributed by atoms with Crippen LogP contribution in [0.1, 0.15) is 36.0 Å². The quantitative estimate of drug-likeness (QED) is 0.839. The second-order valence-corrected chi connectivity index (χ2v) is 5.03. The molecule has 0 aromatic heterocycles.